The molecule has 0 amide bonds. The van der Waals surface area contributed by atoms with Gasteiger partial charge in [0.2, 0.25) is 0 Å². The molecule has 4 nitrogen and oxygen atoms in total. The van der Waals surface area contributed by atoms with Crippen molar-refractivity contribution in [3.05, 3.63) is 36.4 Å². The van der Waals surface area contributed by atoms with Gasteiger partial charge in [-0.25, -0.2) is 0 Å². The second-order valence-electron chi connectivity index (χ2n) is 3.06. The minimum Gasteiger partial charge on any atom is -0.384 e. The summed E-state index contributed by atoms with van der Waals surface area (Å²) in [5, 5.41) is 17.1. The highest BCUT2D eigenvalue weighted by Gasteiger charge is 2.11. The van der Waals surface area contributed by atoms with Crippen LogP contribution in [0, 0.1) is 0 Å². The van der Waals surface area contributed by atoms with Crippen LogP contribution in [-0.2, 0) is 0 Å². The van der Waals surface area contributed by atoms with E-state index in [-0.39, 0.29) is 0 Å². The number of fused-ring (bicyclic) bond motifs is 1. The molecular weight excluding hydrogens is 178 g/mol. The maximum atomic E-state index is 9.65. The predicted octanol–water partition coefficient (Wildman–Crippen LogP) is 1.36. The van der Waals surface area contributed by atoms with Crippen LogP contribution in [0.2, 0.25) is 0 Å². The van der Waals surface area contributed by atoms with Crippen LogP contribution in [0.15, 0.2) is 30.9 Å². The van der Waals surface area contributed by atoms with Crippen molar-refractivity contribution in [3.8, 4) is 0 Å². The third-order valence-corrected chi connectivity index (χ3v) is 2.19. The second kappa shape index (κ2) is 3.16. The number of nitrogens with two attached hydrogens (primary N) is 1. The first-order chi connectivity index (χ1) is 6.74. The van der Waals surface area contributed by atoms with E-state index in [9.17, 15) is 5.11 Å². The molecule has 4 N–H and O–H groups in total. The van der Waals surface area contributed by atoms with Gasteiger partial charge in [-0.3, -0.25) is 5.10 Å². The van der Waals surface area contributed by atoms with E-state index in [0.29, 0.717) is 5.82 Å². The number of nitrogens with zero attached hydrogens (tertiary/aromatic N) is 1. The van der Waals surface area contributed by atoms with Crippen LogP contribution in [0.3, 0.4) is 0 Å². The maximum Gasteiger partial charge on any atom is 0.153 e. The van der Waals surface area contributed by atoms with Gasteiger partial charge in [-0.05, 0) is 11.6 Å². The van der Waals surface area contributed by atoms with Crippen LogP contribution in [0.25, 0.3) is 10.9 Å². The Kier molecular flexibility index (Phi) is 1.98. The first-order valence-corrected chi connectivity index (χ1v) is 4.27. The van der Waals surface area contributed by atoms with Gasteiger partial charge < -0.3 is 10.8 Å². The van der Waals surface area contributed by atoms with Crippen molar-refractivity contribution in [2.45, 2.75) is 6.10 Å². The summed E-state index contributed by atoms with van der Waals surface area (Å²) in [5.74, 6) is 0.400. The van der Waals surface area contributed by atoms with E-state index in [4.69, 9.17) is 5.73 Å². The summed E-state index contributed by atoms with van der Waals surface area (Å²) < 4.78 is 0. The van der Waals surface area contributed by atoms with Crippen molar-refractivity contribution in [1.82, 2.24) is 10.2 Å². The Morgan fingerprint density at radius 3 is 3.07 bits per heavy atom. The number of aromatic nitrogens is 2. The van der Waals surface area contributed by atoms with Crippen molar-refractivity contribution in [3.63, 3.8) is 0 Å². The molecule has 0 saturated carbocycles. The van der Waals surface area contributed by atoms with Crippen molar-refractivity contribution >= 4 is 16.7 Å². The highest BCUT2D eigenvalue weighted by Crippen LogP contribution is 2.27. The van der Waals surface area contributed by atoms with Crippen LogP contribution in [0.5, 0.6) is 0 Å². The summed E-state index contributed by atoms with van der Waals surface area (Å²) >= 11 is 0. The number of anilines is 1. The fourth-order valence-corrected chi connectivity index (χ4v) is 1.50. The third-order valence-electron chi connectivity index (χ3n) is 2.19. The van der Waals surface area contributed by atoms with Crippen LogP contribution >= 0.6 is 0 Å². The summed E-state index contributed by atoms with van der Waals surface area (Å²) in [6.45, 7) is 3.54. The molecule has 1 heterocycles. The molecule has 1 aromatic carbocycles. The topological polar surface area (TPSA) is 74.9 Å². The van der Waals surface area contributed by atoms with Gasteiger partial charge in [0.15, 0.2) is 5.82 Å². The lowest BCUT2D eigenvalue weighted by Gasteiger charge is -2.06. The molecule has 72 valence electrons. The van der Waals surface area contributed by atoms with Gasteiger partial charge in [0.25, 0.3) is 0 Å². The average Bonchev–Trinajstić information content (AvgIpc) is 2.59. The number of H-pyrrole nitrogens is 1. The van der Waals surface area contributed by atoms with Gasteiger partial charge >= 0.3 is 0 Å². The molecule has 4 heteroatoms. The molecule has 0 aliphatic heterocycles. The highest BCUT2D eigenvalue weighted by atomic mass is 16.3. The van der Waals surface area contributed by atoms with E-state index in [1.165, 1.54) is 6.08 Å². The maximum absolute atomic E-state index is 9.65. The lowest BCUT2D eigenvalue weighted by molar-refractivity contribution is 0.230. The number of rotatable bonds is 2. The molecule has 2 rings (SSSR count). The molecule has 14 heavy (non-hydrogen) atoms. The molecule has 1 atom stereocenters. The Morgan fingerprint density at radius 1 is 1.57 bits per heavy atom. The number of nitrogen functional groups attached to an aromatic ring is 1. The van der Waals surface area contributed by atoms with E-state index in [2.05, 4.69) is 16.8 Å². The molecule has 0 radical (unpaired) electrons. The largest absolute Gasteiger partial charge is 0.384 e. The van der Waals surface area contributed by atoms with E-state index in [1.54, 1.807) is 6.07 Å². The van der Waals surface area contributed by atoms with E-state index in [0.717, 1.165) is 16.5 Å². The smallest absolute Gasteiger partial charge is 0.153 e. The number of aliphatic hydroxyl groups excluding tert-OH is 1. The minimum absolute atomic E-state index is 0.400. The first kappa shape index (κ1) is 8.77. The Morgan fingerprint density at radius 2 is 2.36 bits per heavy atom. The van der Waals surface area contributed by atoms with Gasteiger partial charge in [0.1, 0.15) is 0 Å². The molecule has 0 spiro atoms. The Balaban J connectivity index is 2.74. The fraction of sp³-hybridized carbons (Fsp3) is 0.100. The van der Waals surface area contributed by atoms with Crippen molar-refractivity contribution in [2.75, 3.05) is 5.73 Å². The normalized spacial score (nSPS) is 12.9. The van der Waals surface area contributed by atoms with Crippen molar-refractivity contribution < 1.29 is 5.11 Å². The minimum atomic E-state index is -0.710. The number of benzene rings is 1. The molecule has 0 saturated heterocycles. The molecule has 0 aliphatic carbocycles. The van der Waals surface area contributed by atoms with Gasteiger partial charge in [0.05, 0.1) is 11.6 Å². The zero-order valence-electron chi connectivity index (χ0n) is 7.57. The third kappa shape index (κ3) is 1.16. The standard InChI is InChI=1S/C10H11N3O/c1-2-8(14)6-4-3-5-7-9(6)10(11)13-12-7/h2-5,8,14H,1H2,(H3,11,12,13). The number of hydrogen-bond donors (Lipinski definition) is 3. The molecular formula is C10H11N3O. The number of nitrogens with one attached hydrogen (secondary N) is 1. The van der Waals surface area contributed by atoms with Gasteiger partial charge in [-0.15, -0.1) is 6.58 Å². The summed E-state index contributed by atoms with van der Waals surface area (Å²) in [6.07, 6.45) is 0.750. The SMILES string of the molecule is C=CC(O)c1cccc2[nH]nc(N)c12. The lowest BCUT2D eigenvalue weighted by Crippen LogP contribution is -1.95. The molecule has 0 fully saturated rings. The summed E-state index contributed by atoms with van der Waals surface area (Å²) in [7, 11) is 0. The molecule has 0 bridgehead atoms. The molecule has 1 unspecified atom stereocenters. The van der Waals surface area contributed by atoms with E-state index >= 15 is 0 Å². The molecule has 2 aromatic rings. The van der Waals surface area contributed by atoms with Crippen LogP contribution in [-0.4, -0.2) is 15.3 Å². The second-order valence-corrected chi connectivity index (χ2v) is 3.06. The summed E-state index contributed by atoms with van der Waals surface area (Å²) in [6, 6.07) is 5.50. The Bertz CT molecular complexity index is 475. The monoisotopic (exact) mass is 189 g/mol. The van der Waals surface area contributed by atoms with Crippen LogP contribution in [0.1, 0.15) is 11.7 Å². The van der Waals surface area contributed by atoms with Crippen molar-refractivity contribution in [1.29, 1.82) is 0 Å². The summed E-state index contributed by atoms with van der Waals surface area (Å²) in [5.41, 5.74) is 7.23. The highest BCUT2D eigenvalue weighted by molar-refractivity contribution is 5.92. The first-order valence-electron chi connectivity index (χ1n) is 4.27. The van der Waals surface area contributed by atoms with Crippen LogP contribution < -0.4 is 5.73 Å². The predicted molar refractivity (Wildman–Crippen MR) is 55.7 cm³/mol. The molecule has 0 aliphatic rings. The quantitative estimate of drug-likeness (QED) is 0.624. The fourth-order valence-electron chi connectivity index (χ4n) is 1.50. The molecule has 1 aromatic heterocycles. The van der Waals surface area contributed by atoms with E-state index < -0.39 is 6.10 Å². The number of aromatic amines is 1. The van der Waals surface area contributed by atoms with Gasteiger partial charge in [-0.2, -0.15) is 5.10 Å². The Hall–Kier alpha value is -1.81. The van der Waals surface area contributed by atoms with Gasteiger partial charge in [-0.1, -0.05) is 18.2 Å². The average molecular weight is 189 g/mol. The lowest BCUT2D eigenvalue weighted by atomic mass is 10.0. The zero-order chi connectivity index (χ0) is 10.1. The Labute approximate surface area is 81.0 Å². The van der Waals surface area contributed by atoms with Gasteiger partial charge in [0, 0.05) is 5.39 Å². The number of hydrogen-bond acceptors (Lipinski definition) is 3. The summed E-state index contributed by atoms with van der Waals surface area (Å²) in [4.78, 5) is 0. The van der Waals surface area contributed by atoms with Crippen LogP contribution in [0.4, 0.5) is 5.82 Å². The number of aliphatic hydroxyl groups is 1. The zero-order valence-corrected chi connectivity index (χ0v) is 7.57. The van der Waals surface area contributed by atoms with E-state index in [1.807, 2.05) is 12.1 Å². The van der Waals surface area contributed by atoms with Crippen molar-refractivity contribution in [2.24, 2.45) is 0 Å².